The van der Waals surface area contributed by atoms with Gasteiger partial charge in [-0.2, -0.15) is 0 Å². The van der Waals surface area contributed by atoms with Crippen LogP contribution in [-0.4, -0.2) is 52.0 Å². The topological polar surface area (TPSA) is 54.9 Å². The number of aliphatic imine (C=N–C) groups is 1. The minimum Gasteiger partial charge on any atom is -0.379 e. The van der Waals surface area contributed by atoms with Crippen LogP contribution < -0.4 is 10.6 Å². The lowest BCUT2D eigenvalue weighted by molar-refractivity contribution is 0.0168. The fraction of sp³-hybridized carbons (Fsp3) is 0.632. The summed E-state index contributed by atoms with van der Waals surface area (Å²) in [4.78, 5) is 4.20. The third-order valence-corrected chi connectivity index (χ3v) is 4.13. The molecule has 1 aliphatic heterocycles. The molecule has 1 atom stereocenters. The number of ether oxygens (including phenoxy) is 2. The lowest BCUT2D eigenvalue weighted by Crippen LogP contribution is -2.38. The molecule has 1 aliphatic rings. The van der Waals surface area contributed by atoms with Crippen LogP contribution in [0.3, 0.4) is 0 Å². The minimum absolute atomic E-state index is 0.176. The van der Waals surface area contributed by atoms with Gasteiger partial charge in [-0.15, -0.1) is 0 Å². The Morgan fingerprint density at radius 1 is 1.32 bits per heavy atom. The van der Waals surface area contributed by atoms with Gasteiger partial charge < -0.3 is 20.1 Å². The molecule has 140 valence electrons. The van der Waals surface area contributed by atoms with Gasteiger partial charge >= 0.3 is 0 Å². The van der Waals surface area contributed by atoms with E-state index in [1.165, 1.54) is 6.07 Å². The quantitative estimate of drug-likeness (QED) is 0.386. The number of hydrogen-bond donors (Lipinski definition) is 2. The van der Waals surface area contributed by atoms with Crippen LogP contribution in [0.1, 0.15) is 31.2 Å². The Morgan fingerprint density at radius 3 is 2.88 bits per heavy atom. The van der Waals surface area contributed by atoms with Gasteiger partial charge in [0.1, 0.15) is 5.82 Å². The Morgan fingerprint density at radius 2 is 2.16 bits per heavy atom. The summed E-state index contributed by atoms with van der Waals surface area (Å²) < 4.78 is 24.3. The Kier molecular flexibility index (Phi) is 9.29. The van der Waals surface area contributed by atoms with Gasteiger partial charge in [0.2, 0.25) is 0 Å². The molecular weight excluding hydrogens is 321 g/mol. The van der Waals surface area contributed by atoms with E-state index in [1.807, 2.05) is 6.07 Å². The van der Waals surface area contributed by atoms with E-state index in [2.05, 4.69) is 15.6 Å². The zero-order valence-corrected chi connectivity index (χ0v) is 15.1. The van der Waals surface area contributed by atoms with Crippen molar-refractivity contribution >= 4 is 5.96 Å². The number of aryl methyl sites for hydroxylation is 1. The Hall–Kier alpha value is -1.66. The van der Waals surface area contributed by atoms with Crippen molar-refractivity contribution in [1.29, 1.82) is 0 Å². The van der Waals surface area contributed by atoms with E-state index in [9.17, 15) is 4.39 Å². The zero-order valence-electron chi connectivity index (χ0n) is 15.1. The first-order valence-electron chi connectivity index (χ1n) is 9.16. The molecule has 0 amide bonds. The smallest absolute Gasteiger partial charge is 0.190 e. The molecule has 0 aromatic heterocycles. The number of guanidine groups is 1. The van der Waals surface area contributed by atoms with Crippen molar-refractivity contribution in [3.8, 4) is 0 Å². The van der Waals surface area contributed by atoms with E-state index in [0.717, 1.165) is 69.9 Å². The lowest BCUT2D eigenvalue weighted by atomic mass is 10.1. The van der Waals surface area contributed by atoms with Crippen molar-refractivity contribution in [1.82, 2.24) is 10.6 Å². The van der Waals surface area contributed by atoms with Crippen LogP contribution in [0.25, 0.3) is 0 Å². The molecule has 0 saturated carbocycles. The highest BCUT2D eigenvalue weighted by molar-refractivity contribution is 5.79. The predicted octanol–water partition coefficient (Wildman–Crippen LogP) is 2.51. The van der Waals surface area contributed by atoms with Crippen LogP contribution in [0.5, 0.6) is 0 Å². The van der Waals surface area contributed by atoms with Gasteiger partial charge in [-0.25, -0.2) is 4.39 Å². The summed E-state index contributed by atoms with van der Waals surface area (Å²) in [6.07, 6.45) is 5.26. The second-order valence-corrected chi connectivity index (χ2v) is 6.22. The first-order valence-corrected chi connectivity index (χ1v) is 9.16. The van der Waals surface area contributed by atoms with Crippen LogP contribution in [-0.2, 0) is 15.9 Å². The standard InChI is InChI=1S/C19H30FN3O2/c1-21-19(22-10-3-7-16-6-2-8-17(20)14-16)23-11-5-12-24-15-18-9-4-13-25-18/h2,6,8,14,18H,3-5,7,9-13,15H2,1H3,(H2,21,22,23). The van der Waals surface area contributed by atoms with Crippen LogP contribution >= 0.6 is 0 Å². The van der Waals surface area contributed by atoms with E-state index in [0.29, 0.717) is 12.7 Å². The molecule has 1 saturated heterocycles. The van der Waals surface area contributed by atoms with Crippen molar-refractivity contribution < 1.29 is 13.9 Å². The maximum Gasteiger partial charge on any atom is 0.190 e. The molecule has 0 spiro atoms. The summed E-state index contributed by atoms with van der Waals surface area (Å²) in [5.41, 5.74) is 1.02. The summed E-state index contributed by atoms with van der Waals surface area (Å²) in [6.45, 7) is 3.91. The highest BCUT2D eigenvalue weighted by atomic mass is 19.1. The summed E-state index contributed by atoms with van der Waals surface area (Å²) >= 11 is 0. The molecule has 1 unspecified atom stereocenters. The molecular formula is C19H30FN3O2. The summed E-state index contributed by atoms with van der Waals surface area (Å²) in [6, 6.07) is 6.76. The Balaban J connectivity index is 1.47. The fourth-order valence-electron chi connectivity index (χ4n) is 2.78. The maximum atomic E-state index is 13.1. The monoisotopic (exact) mass is 351 g/mol. The van der Waals surface area contributed by atoms with Gasteiger partial charge in [0.15, 0.2) is 5.96 Å². The molecule has 2 rings (SSSR count). The normalized spacial score (nSPS) is 17.7. The van der Waals surface area contributed by atoms with Crippen LogP contribution in [0.15, 0.2) is 29.3 Å². The highest BCUT2D eigenvalue weighted by Gasteiger charge is 2.14. The summed E-state index contributed by atoms with van der Waals surface area (Å²) in [5, 5.41) is 6.55. The molecule has 2 N–H and O–H groups in total. The Bertz CT molecular complexity index is 519. The van der Waals surface area contributed by atoms with E-state index in [1.54, 1.807) is 19.2 Å². The molecule has 1 heterocycles. The average molecular weight is 351 g/mol. The van der Waals surface area contributed by atoms with Crippen LogP contribution in [0, 0.1) is 5.82 Å². The van der Waals surface area contributed by atoms with Gasteiger partial charge in [-0.05, 0) is 49.8 Å². The second-order valence-electron chi connectivity index (χ2n) is 6.22. The largest absolute Gasteiger partial charge is 0.379 e. The third kappa shape index (κ3) is 8.31. The third-order valence-electron chi connectivity index (χ3n) is 4.13. The number of halogens is 1. The van der Waals surface area contributed by atoms with E-state index < -0.39 is 0 Å². The maximum absolute atomic E-state index is 13.1. The number of hydrogen-bond acceptors (Lipinski definition) is 3. The predicted molar refractivity (Wildman–Crippen MR) is 98.5 cm³/mol. The van der Waals surface area contributed by atoms with Gasteiger partial charge in [0, 0.05) is 33.4 Å². The number of benzene rings is 1. The van der Waals surface area contributed by atoms with E-state index in [-0.39, 0.29) is 5.82 Å². The average Bonchev–Trinajstić information content (AvgIpc) is 3.13. The SMILES string of the molecule is CN=C(NCCCOCC1CCCO1)NCCCc1cccc(F)c1. The van der Waals surface area contributed by atoms with Gasteiger partial charge in [-0.1, -0.05) is 12.1 Å². The van der Waals surface area contributed by atoms with Gasteiger partial charge in [0.05, 0.1) is 12.7 Å². The van der Waals surface area contributed by atoms with Gasteiger partial charge in [-0.3, -0.25) is 4.99 Å². The van der Waals surface area contributed by atoms with Gasteiger partial charge in [0.25, 0.3) is 0 Å². The molecule has 0 bridgehead atoms. The summed E-state index contributed by atoms with van der Waals surface area (Å²) in [5.74, 6) is 0.614. The molecule has 1 aromatic rings. The van der Waals surface area contributed by atoms with Crippen LogP contribution in [0.2, 0.25) is 0 Å². The molecule has 5 nitrogen and oxygen atoms in total. The van der Waals surface area contributed by atoms with E-state index in [4.69, 9.17) is 9.47 Å². The number of rotatable bonds is 10. The first-order chi connectivity index (χ1) is 12.3. The second kappa shape index (κ2) is 11.8. The van der Waals surface area contributed by atoms with Crippen molar-refractivity contribution in [3.63, 3.8) is 0 Å². The van der Waals surface area contributed by atoms with E-state index >= 15 is 0 Å². The molecule has 1 aromatic carbocycles. The van der Waals surface area contributed by atoms with Crippen LogP contribution in [0.4, 0.5) is 4.39 Å². The summed E-state index contributed by atoms with van der Waals surface area (Å²) in [7, 11) is 1.76. The van der Waals surface area contributed by atoms with Crippen molar-refractivity contribution in [2.75, 3.05) is 40.0 Å². The number of nitrogens with one attached hydrogen (secondary N) is 2. The molecule has 6 heteroatoms. The Labute approximate surface area is 150 Å². The number of nitrogens with zero attached hydrogens (tertiary/aromatic N) is 1. The molecule has 1 fully saturated rings. The highest BCUT2D eigenvalue weighted by Crippen LogP contribution is 2.11. The lowest BCUT2D eigenvalue weighted by Gasteiger charge is -2.13. The van der Waals surface area contributed by atoms with Crippen molar-refractivity contribution in [3.05, 3.63) is 35.6 Å². The molecule has 25 heavy (non-hydrogen) atoms. The first kappa shape index (κ1) is 19.7. The zero-order chi connectivity index (χ0) is 17.7. The molecule has 0 aliphatic carbocycles. The fourth-order valence-corrected chi connectivity index (χ4v) is 2.78. The molecule has 0 radical (unpaired) electrons. The van der Waals surface area contributed by atoms with Crippen molar-refractivity contribution in [2.45, 2.75) is 38.2 Å². The minimum atomic E-state index is -0.176. The van der Waals surface area contributed by atoms with Crippen molar-refractivity contribution in [2.24, 2.45) is 4.99 Å².